The van der Waals surface area contributed by atoms with Gasteiger partial charge in [0.1, 0.15) is 11.5 Å². The van der Waals surface area contributed by atoms with Crippen molar-refractivity contribution in [2.75, 3.05) is 26.6 Å². The molecule has 1 aromatic heterocycles. The summed E-state index contributed by atoms with van der Waals surface area (Å²) in [7, 11) is 4.44. The van der Waals surface area contributed by atoms with Crippen molar-refractivity contribution in [1.29, 1.82) is 0 Å². The van der Waals surface area contributed by atoms with E-state index in [1.54, 1.807) is 53.2 Å². The van der Waals surface area contributed by atoms with Gasteiger partial charge in [-0.05, 0) is 26.3 Å². The second-order valence-corrected chi connectivity index (χ2v) is 5.95. The lowest BCUT2D eigenvalue weighted by Gasteiger charge is -2.16. The summed E-state index contributed by atoms with van der Waals surface area (Å²) in [6, 6.07) is 4.77. The first-order valence-electron chi connectivity index (χ1n) is 8.13. The van der Waals surface area contributed by atoms with Gasteiger partial charge in [0.15, 0.2) is 0 Å². The van der Waals surface area contributed by atoms with Gasteiger partial charge in [-0.2, -0.15) is 0 Å². The highest BCUT2D eigenvalue weighted by molar-refractivity contribution is 6.04. The number of carbonyl (C=O) groups excluding carboxylic acids is 2. The maximum Gasteiger partial charge on any atom is 0.339 e. The third kappa shape index (κ3) is 3.82. The number of ketones is 1. The van der Waals surface area contributed by atoms with Crippen LogP contribution in [0.4, 0.5) is 5.69 Å². The van der Waals surface area contributed by atoms with Gasteiger partial charge in [0.25, 0.3) is 0 Å². The topological polar surface area (TPSA) is 89.7 Å². The second-order valence-electron chi connectivity index (χ2n) is 5.95. The van der Waals surface area contributed by atoms with Crippen molar-refractivity contribution in [2.24, 2.45) is 0 Å². The fraction of sp³-hybridized carbons (Fsp3) is 0.368. The molecule has 0 amide bonds. The number of esters is 1. The molecule has 0 fully saturated rings. The molecular formula is C19H24N2O5. The third-order valence-electron chi connectivity index (χ3n) is 4.20. The zero-order chi connectivity index (χ0) is 19.4. The molecule has 2 aromatic rings. The van der Waals surface area contributed by atoms with Gasteiger partial charge in [-0.3, -0.25) is 4.79 Å². The number of H-pyrrole nitrogens is 1. The minimum absolute atomic E-state index is 0.164. The number of aryl methyl sites for hydroxylation is 1. The molecule has 1 heterocycles. The summed E-state index contributed by atoms with van der Waals surface area (Å²) in [6.07, 6.45) is 0. The fourth-order valence-electron chi connectivity index (χ4n) is 2.83. The molecule has 26 heavy (non-hydrogen) atoms. The van der Waals surface area contributed by atoms with Crippen molar-refractivity contribution < 1.29 is 23.8 Å². The molecule has 1 aromatic carbocycles. The van der Waals surface area contributed by atoms with Crippen LogP contribution < -0.4 is 14.8 Å². The van der Waals surface area contributed by atoms with Crippen molar-refractivity contribution in [1.82, 2.24) is 4.98 Å². The molecule has 2 rings (SSSR count). The van der Waals surface area contributed by atoms with E-state index in [2.05, 4.69) is 10.3 Å². The standard InChI is InChI=1S/C19H24N2O5/c1-10-16(19(23)26-6)11(2)21-17(10)18(22)12(3)20-13-7-14(24-4)9-15(8-13)25-5/h7-9,12,20-21H,1-6H3/t12-/m1/s1. The van der Waals surface area contributed by atoms with Crippen LogP contribution >= 0.6 is 0 Å². The van der Waals surface area contributed by atoms with E-state index in [1.165, 1.54) is 7.11 Å². The number of rotatable bonds is 7. The second kappa shape index (κ2) is 7.95. The highest BCUT2D eigenvalue weighted by atomic mass is 16.5. The Hall–Kier alpha value is -2.96. The molecule has 0 aliphatic rings. The largest absolute Gasteiger partial charge is 0.497 e. The van der Waals surface area contributed by atoms with E-state index < -0.39 is 12.0 Å². The lowest BCUT2D eigenvalue weighted by molar-refractivity contribution is 0.0599. The quantitative estimate of drug-likeness (QED) is 0.582. The Kier molecular flexibility index (Phi) is 5.92. The Bertz CT molecular complexity index is 803. The summed E-state index contributed by atoms with van der Waals surface area (Å²) in [5.74, 6) is 0.605. The van der Waals surface area contributed by atoms with Crippen LogP contribution in [-0.2, 0) is 4.74 Å². The molecule has 0 aliphatic carbocycles. The number of methoxy groups -OCH3 is 3. The average Bonchev–Trinajstić information content (AvgIpc) is 2.94. The van der Waals surface area contributed by atoms with Gasteiger partial charge < -0.3 is 24.5 Å². The van der Waals surface area contributed by atoms with Crippen LogP contribution in [0.15, 0.2) is 18.2 Å². The van der Waals surface area contributed by atoms with Crippen molar-refractivity contribution in [3.8, 4) is 11.5 Å². The van der Waals surface area contributed by atoms with Crippen molar-refractivity contribution in [3.05, 3.63) is 40.7 Å². The Labute approximate surface area is 152 Å². The van der Waals surface area contributed by atoms with Crippen LogP contribution in [0.3, 0.4) is 0 Å². The van der Waals surface area contributed by atoms with E-state index in [1.807, 2.05) is 0 Å². The van der Waals surface area contributed by atoms with Gasteiger partial charge in [-0.1, -0.05) is 0 Å². The predicted octanol–water partition coefficient (Wildman–Crippen LogP) is 3.12. The Morgan fingerprint density at radius 2 is 1.62 bits per heavy atom. The highest BCUT2D eigenvalue weighted by Crippen LogP contribution is 2.27. The number of nitrogens with one attached hydrogen (secondary N) is 2. The maximum absolute atomic E-state index is 12.8. The van der Waals surface area contributed by atoms with Gasteiger partial charge in [0.05, 0.1) is 38.6 Å². The molecule has 0 spiro atoms. The third-order valence-corrected chi connectivity index (χ3v) is 4.20. The van der Waals surface area contributed by atoms with Crippen molar-refractivity contribution in [3.63, 3.8) is 0 Å². The molecule has 0 radical (unpaired) electrons. The van der Waals surface area contributed by atoms with E-state index in [4.69, 9.17) is 14.2 Å². The lowest BCUT2D eigenvalue weighted by atomic mass is 10.0. The number of Topliss-reactive ketones (excluding diaryl/α,β-unsaturated/α-hetero) is 1. The number of carbonyl (C=O) groups is 2. The van der Waals surface area contributed by atoms with Crippen LogP contribution in [0.1, 0.15) is 39.0 Å². The van der Waals surface area contributed by atoms with Crippen LogP contribution in [0.5, 0.6) is 11.5 Å². The molecule has 1 atom stereocenters. The number of anilines is 1. The van der Waals surface area contributed by atoms with Crippen molar-refractivity contribution in [2.45, 2.75) is 26.8 Å². The zero-order valence-corrected chi connectivity index (χ0v) is 15.9. The van der Waals surface area contributed by atoms with Crippen LogP contribution in [0.2, 0.25) is 0 Å². The molecule has 7 heteroatoms. The SMILES string of the molecule is COC(=O)c1c(C)[nH]c(C(=O)[C@@H](C)Nc2cc(OC)cc(OC)c2)c1C. The fourth-order valence-corrected chi connectivity index (χ4v) is 2.83. The highest BCUT2D eigenvalue weighted by Gasteiger charge is 2.25. The molecule has 2 N–H and O–H groups in total. The molecule has 0 unspecified atom stereocenters. The molecule has 0 bridgehead atoms. The summed E-state index contributed by atoms with van der Waals surface area (Å²) in [5, 5.41) is 3.14. The minimum Gasteiger partial charge on any atom is -0.497 e. The van der Waals surface area contributed by atoms with Crippen LogP contribution in [-0.4, -0.2) is 44.1 Å². The number of aromatic amines is 1. The van der Waals surface area contributed by atoms with E-state index in [-0.39, 0.29) is 5.78 Å². The first-order valence-corrected chi connectivity index (χ1v) is 8.13. The molecule has 7 nitrogen and oxygen atoms in total. The van der Waals surface area contributed by atoms with Gasteiger partial charge in [-0.25, -0.2) is 4.79 Å². The first kappa shape index (κ1) is 19.4. The Morgan fingerprint density at radius 1 is 1.04 bits per heavy atom. The molecule has 0 saturated heterocycles. The van der Waals surface area contributed by atoms with Crippen molar-refractivity contribution >= 4 is 17.4 Å². The van der Waals surface area contributed by atoms with E-state index in [0.717, 1.165) is 0 Å². The number of hydrogen-bond donors (Lipinski definition) is 2. The van der Waals surface area contributed by atoms with E-state index in [9.17, 15) is 9.59 Å². The summed E-state index contributed by atoms with van der Waals surface area (Å²) >= 11 is 0. The average molecular weight is 360 g/mol. The summed E-state index contributed by atoms with van der Waals surface area (Å²) in [6.45, 7) is 5.22. The number of hydrogen-bond acceptors (Lipinski definition) is 6. The van der Waals surface area contributed by atoms with Gasteiger partial charge in [-0.15, -0.1) is 0 Å². The monoisotopic (exact) mass is 360 g/mol. The minimum atomic E-state index is -0.533. The normalized spacial score (nSPS) is 11.6. The first-order chi connectivity index (χ1) is 12.3. The van der Waals surface area contributed by atoms with Crippen LogP contribution in [0.25, 0.3) is 0 Å². The number of ether oxygens (including phenoxy) is 3. The van der Waals surface area contributed by atoms with Gasteiger partial charge in [0, 0.05) is 29.6 Å². The Morgan fingerprint density at radius 3 is 2.12 bits per heavy atom. The lowest BCUT2D eigenvalue weighted by Crippen LogP contribution is -2.27. The summed E-state index contributed by atoms with van der Waals surface area (Å²) in [5.41, 5.74) is 2.66. The molecule has 0 saturated carbocycles. The predicted molar refractivity (Wildman–Crippen MR) is 98.6 cm³/mol. The number of benzene rings is 1. The molecular weight excluding hydrogens is 336 g/mol. The van der Waals surface area contributed by atoms with Gasteiger partial charge in [0.2, 0.25) is 5.78 Å². The zero-order valence-electron chi connectivity index (χ0n) is 15.9. The summed E-state index contributed by atoms with van der Waals surface area (Å²) in [4.78, 5) is 27.7. The molecule has 0 aliphatic heterocycles. The molecule has 140 valence electrons. The Balaban J connectivity index is 2.27. The van der Waals surface area contributed by atoms with Gasteiger partial charge >= 0.3 is 5.97 Å². The van der Waals surface area contributed by atoms with E-state index >= 15 is 0 Å². The van der Waals surface area contributed by atoms with E-state index in [0.29, 0.717) is 39.7 Å². The smallest absolute Gasteiger partial charge is 0.339 e. The summed E-state index contributed by atoms with van der Waals surface area (Å²) < 4.78 is 15.3. The maximum atomic E-state index is 12.8. The number of aromatic nitrogens is 1. The van der Waals surface area contributed by atoms with Crippen LogP contribution in [0, 0.1) is 13.8 Å².